The highest BCUT2D eigenvalue weighted by atomic mass is 32.2. The van der Waals surface area contributed by atoms with Gasteiger partial charge in [0.05, 0.1) is 0 Å². The summed E-state index contributed by atoms with van der Waals surface area (Å²) in [5.41, 5.74) is 0.895. The van der Waals surface area contributed by atoms with Gasteiger partial charge in [-0.25, -0.2) is 14.8 Å². The molecule has 16 heavy (non-hydrogen) atoms. The van der Waals surface area contributed by atoms with Gasteiger partial charge in [0.1, 0.15) is 16.2 Å². The van der Waals surface area contributed by atoms with Gasteiger partial charge in [-0.1, -0.05) is 11.8 Å². The highest BCUT2D eigenvalue weighted by molar-refractivity contribution is 7.99. The number of carboxylic acid groups (broad SMARTS) is 1. The van der Waals surface area contributed by atoms with Gasteiger partial charge in [0.25, 0.3) is 0 Å². The smallest absolute Gasteiger partial charge is 0.345 e. The summed E-state index contributed by atoms with van der Waals surface area (Å²) in [5.74, 6) is -0.893. The van der Waals surface area contributed by atoms with Gasteiger partial charge in [0, 0.05) is 16.0 Å². The summed E-state index contributed by atoms with van der Waals surface area (Å²) in [4.78, 5) is 20.0. The van der Waals surface area contributed by atoms with E-state index in [0.29, 0.717) is 4.88 Å². The third kappa shape index (κ3) is 2.59. The van der Waals surface area contributed by atoms with E-state index >= 15 is 0 Å². The molecule has 0 saturated heterocycles. The van der Waals surface area contributed by atoms with Gasteiger partial charge in [-0.05, 0) is 19.1 Å². The minimum atomic E-state index is -0.893. The maximum absolute atomic E-state index is 10.7. The monoisotopic (exact) mass is 252 g/mol. The Balaban J connectivity index is 2.17. The van der Waals surface area contributed by atoms with Gasteiger partial charge in [-0.3, -0.25) is 0 Å². The zero-order valence-electron chi connectivity index (χ0n) is 8.38. The van der Waals surface area contributed by atoms with Crippen molar-refractivity contribution in [3.05, 3.63) is 34.4 Å². The predicted octanol–water partition coefficient (Wildman–Crippen LogP) is 2.70. The first-order valence-corrected chi connectivity index (χ1v) is 6.13. The molecule has 0 unspecified atom stereocenters. The highest BCUT2D eigenvalue weighted by Gasteiger charge is 2.08. The van der Waals surface area contributed by atoms with Gasteiger partial charge < -0.3 is 5.11 Å². The van der Waals surface area contributed by atoms with Crippen LogP contribution in [0.5, 0.6) is 0 Å². The van der Waals surface area contributed by atoms with Crippen LogP contribution in [-0.4, -0.2) is 21.0 Å². The number of aromatic nitrogens is 2. The van der Waals surface area contributed by atoms with E-state index in [1.54, 1.807) is 6.07 Å². The van der Waals surface area contributed by atoms with E-state index in [9.17, 15) is 4.79 Å². The standard InChI is InChI=1S/C10H8N2O2S2/c1-6-2-9(12-5-11-6)16-7-3-8(10(13)14)15-4-7/h2-5H,1H3,(H,13,14). The van der Waals surface area contributed by atoms with Crippen molar-refractivity contribution < 1.29 is 9.90 Å². The van der Waals surface area contributed by atoms with E-state index in [0.717, 1.165) is 15.6 Å². The number of hydrogen-bond acceptors (Lipinski definition) is 5. The number of hydrogen-bond donors (Lipinski definition) is 1. The molecule has 0 aliphatic heterocycles. The highest BCUT2D eigenvalue weighted by Crippen LogP contribution is 2.30. The molecule has 2 aromatic heterocycles. The van der Waals surface area contributed by atoms with E-state index < -0.39 is 5.97 Å². The Morgan fingerprint density at radius 3 is 2.88 bits per heavy atom. The van der Waals surface area contributed by atoms with Crippen molar-refractivity contribution in [2.75, 3.05) is 0 Å². The van der Waals surface area contributed by atoms with Crippen molar-refractivity contribution in [1.29, 1.82) is 0 Å². The topological polar surface area (TPSA) is 63.1 Å². The predicted molar refractivity (Wildman–Crippen MR) is 62.2 cm³/mol. The summed E-state index contributed by atoms with van der Waals surface area (Å²) >= 11 is 2.65. The molecule has 2 rings (SSSR count). The lowest BCUT2D eigenvalue weighted by Gasteiger charge is -1.97. The van der Waals surface area contributed by atoms with Crippen LogP contribution in [0, 0.1) is 6.92 Å². The van der Waals surface area contributed by atoms with Crippen LogP contribution < -0.4 is 0 Å². The SMILES string of the molecule is Cc1cc(Sc2csc(C(=O)O)c2)ncn1. The zero-order valence-corrected chi connectivity index (χ0v) is 10.0. The second-order valence-electron chi connectivity index (χ2n) is 3.05. The molecule has 0 aromatic carbocycles. The molecule has 0 radical (unpaired) electrons. The van der Waals surface area contributed by atoms with E-state index in [-0.39, 0.29) is 0 Å². The maximum Gasteiger partial charge on any atom is 0.345 e. The van der Waals surface area contributed by atoms with Crippen molar-refractivity contribution in [1.82, 2.24) is 9.97 Å². The van der Waals surface area contributed by atoms with Crippen molar-refractivity contribution in [3.8, 4) is 0 Å². The van der Waals surface area contributed by atoms with Crippen molar-refractivity contribution in [2.45, 2.75) is 16.8 Å². The van der Waals surface area contributed by atoms with Crippen LogP contribution in [0.25, 0.3) is 0 Å². The summed E-state index contributed by atoms with van der Waals surface area (Å²) < 4.78 is 0. The normalized spacial score (nSPS) is 10.3. The maximum atomic E-state index is 10.7. The lowest BCUT2D eigenvalue weighted by molar-refractivity contribution is 0.0702. The molecule has 82 valence electrons. The molecule has 0 spiro atoms. The fourth-order valence-electron chi connectivity index (χ4n) is 1.09. The van der Waals surface area contributed by atoms with E-state index in [2.05, 4.69) is 9.97 Å². The van der Waals surface area contributed by atoms with Crippen LogP contribution >= 0.6 is 23.1 Å². The molecule has 0 fully saturated rings. The molecule has 0 amide bonds. The average molecular weight is 252 g/mol. The summed E-state index contributed by atoms with van der Waals surface area (Å²) in [6, 6.07) is 3.51. The van der Waals surface area contributed by atoms with Gasteiger partial charge in [-0.15, -0.1) is 11.3 Å². The van der Waals surface area contributed by atoms with Crippen LogP contribution in [0.3, 0.4) is 0 Å². The molecule has 0 aliphatic carbocycles. The lowest BCUT2D eigenvalue weighted by atomic mass is 10.5. The van der Waals surface area contributed by atoms with Crippen molar-refractivity contribution >= 4 is 29.1 Å². The number of aryl methyl sites for hydroxylation is 1. The second kappa shape index (κ2) is 4.63. The van der Waals surface area contributed by atoms with Crippen molar-refractivity contribution in [3.63, 3.8) is 0 Å². The molecule has 2 aromatic rings. The van der Waals surface area contributed by atoms with Gasteiger partial charge in [-0.2, -0.15) is 0 Å². The van der Waals surface area contributed by atoms with Gasteiger partial charge in [0.2, 0.25) is 0 Å². The minimum Gasteiger partial charge on any atom is -0.477 e. The summed E-state index contributed by atoms with van der Waals surface area (Å²) in [5, 5.41) is 11.4. The van der Waals surface area contributed by atoms with Crippen LogP contribution in [0.2, 0.25) is 0 Å². The molecule has 4 nitrogen and oxygen atoms in total. The fourth-order valence-corrected chi connectivity index (χ4v) is 2.86. The first-order chi connectivity index (χ1) is 7.65. The molecular weight excluding hydrogens is 244 g/mol. The minimum absolute atomic E-state index is 0.341. The first kappa shape index (κ1) is 11.1. The van der Waals surface area contributed by atoms with Crippen LogP contribution in [0.1, 0.15) is 15.4 Å². The Bertz CT molecular complexity index is 525. The first-order valence-electron chi connectivity index (χ1n) is 4.43. The molecular formula is C10H8N2O2S2. The number of thiophene rings is 1. The second-order valence-corrected chi connectivity index (χ2v) is 5.06. The van der Waals surface area contributed by atoms with Gasteiger partial charge in [0.15, 0.2) is 0 Å². The largest absolute Gasteiger partial charge is 0.477 e. The quantitative estimate of drug-likeness (QED) is 0.851. The third-order valence-electron chi connectivity index (χ3n) is 1.79. The summed E-state index contributed by atoms with van der Waals surface area (Å²) in [7, 11) is 0. The van der Waals surface area contributed by atoms with Crippen LogP contribution in [0.15, 0.2) is 33.8 Å². The molecule has 1 N–H and O–H groups in total. The summed E-state index contributed by atoms with van der Waals surface area (Å²) in [6.45, 7) is 1.89. The molecule has 0 bridgehead atoms. The van der Waals surface area contributed by atoms with E-state index in [1.807, 2.05) is 18.4 Å². The number of rotatable bonds is 3. The molecule has 0 aliphatic rings. The Labute approximate surface area is 100 Å². The molecule has 2 heterocycles. The van der Waals surface area contributed by atoms with Gasteiger partial charge >= 0.3 is 5.97 Å². The number of aromatic carboxylic acids is 1. The Morgan fingerprint density at radius 1 is 1.44 bits per heavy atom. The molecule has 0 atom stereocenters. The zero-order chi connectivity index (χ0) is 11.5. The number of nitrogens with zero attached hydrogens (tertiary/aromatic N) is 2. The average Bonchev–Trinajstić information content (AvgIpc) is 2.66. The molecule has 0 saturated carbocycles. The fraction of sp³-hybridized carbons (Fsp3) is 0.100. The van der Waals surface area contributed by atoms with Crippen LogP contribution in [0.4, 0.5) is 0 Å². The summed E-state index contributed by atoms with van der Waals surface area (Å²) in [6.07, 6.45) is 1.50. The Morgan fingerprint density at radius 2 is 2.25 bits per heavy atom. The Hall–Kier alpha value is -1.40. The third-order valence-corrected chi connectivity index (χ3v) is 3.76. The Kier molecular flexibility index (Phi) is 3.21. The van der Waals surface area contributed by atoms with E-state index in [1.165, 1.54) is 29.4 Å². The van der Waals surface area contributed by atoms with E-state index in [4.69, 9.17) is 5.11 Å². The number of carbonyl (C=O) groups is 1. The lowest BCUT2D eigenvalue weighted by Crippen LogP contribution is -1.90. The van der Waals surface area contributed by atoms with Crippen LogP contribution in [-0.2, 0) is 0 Å². The molecule has 6 heteroatoms. The number of carboxylic acids is 1. The van der Waals surface area contributed by atoms with Crippen molar-refractivity contribution in [2.24, 2.45) is 0 Å².